The maximum absolute atomic E-state index is 12.2. The summed E-state index contributed by atoms with van der Waals surface area (Å²) in [5.41, 5.74) is 3.12. The number of nitrogens with zero attached hydrogens (tertiary/aromatic N) is 3. The normalized spacial score (nSPS) is 11.0. The van der Waals surface area contributed by atoms with Crippen LogP contribution >= 0.6 is 22.7 Å². The van der Waals surface area contributed by atoms with Crippen LogP contribution in [-0.2, 0) is 17.6 Å². The van der Waals surface area contributed by atoms with Crippen molar-refractivity contribution in [3.63, 3.8) is 0 Å². The predicted octanol–water partition coefficient (Wildman–Crippen LogP) is 5.30. The van der Waals surface area contributed by atoms with Crippen LogP contribution in [0.15, 0.2) is 51.7 Å². The Kier molecular flexibility index (Phi) is 7.22. The molecule has 8 heteroatoms. The number of hydrogen-bond donors (Lipinski definition) is 1. The van der Waals surface area contributed by atoms with Crippen LogP contribution in [0.1, 0.15) is 36.4 Å². The van der Waals surface area contributed by atoms with E-state index in [0.29, 0.717) is 24.7 Å². The monoisotopic (exact) mass is 452 g/mol. The fraction of sp³-hybridized carbons (Fsp3) is 0.304. The van der Waals surface area contributed by atoms with E-state index in [1.54, 1.807) is 22.7 Å². The topological polar surface area (TPSA) is 80.9 Å². The van der Waals surface area contributed by atoms with Crippen molar-refractivity contribution in [2.75, 3.05) is 6.54 Å². The van der Waals surface area contributed by atoms with Crippen LogP contribution in [0, 0.1) is 6.92 Å². The van der Waals surface area contributed by atoms with Gasteiger partial charge in [-0.05, 0) is 37.3 Å². The first-order chi connectivity index (χ1) is 15.2. The predicted molar refractivity (Wildman–Crippen MR) is 124 cm³/mol. The van der Waals surface area contributed by atoms with E-state index in [0.717, 1.165) is 46.8 Å². The molecule has 6 nitrogen and oxygen atoms in total. The molecular weight excluding hydrogens is 428 g/mol. The molecule has 1 amide bonds. The summed E-state index contributed by atoms with van der Waals surface area (Å²) in [5, 5.41) is 11.9. The Morgan fingerprint density at radius 1 is 1.10 bits per heavy atom. The lowest BCUT2D eigenvalue weighted by Crippen LogP contribution is -2.26. The Hall–Kier alpha value is -2.84. The van der Waals surface area contributed by atoms with Gasteiger partial charge in [0, 0.05) is 23.9 Å². The van der Waals surface area contributed by atoms with Crippen LogP contribution in [0.25, 0.3) is 21.3 Å². The first-order valence-electron chi connectivity index (χ1n) is 10.3. The number of rotatable bonds is 10. The van der Waals surface area contributed by atoms with Crippen LogP contribution < -0.4 is 5.32 Å². The molecule has 3 aromatic heterocycles. The highest BCUT2D eigenvalue weighted by molar-refractivity contribution is 7.13. The number of benzene rings is 1. The molecule has 0 spiro atoms. The summed E-state index contributed by atoms with van der Waals surface area (Å²) in [7, 11) is 0. The molecule has 0 aliphatic carbocycles. The van der Waals surface area contributed by atoms with Gasteiger partial charge in [-0.1, -0.05) is 41.4 Å². The highest BCUT2D eigenvalue weighted by Gasteiger charge is 2.10. The second-order valence-corrected chi connectivity index (χ2v) is 9.15. The molecule has 0 radical (unpaired) electrons. The van der Waals surface area contributed by atoms with Gasteiger partial charge in [0.25, 0.3) is 0 Å². The molecular formula is C23H24N4O2S2. The molecule has 0 aliphatic heterocycles. The number of aryl methyl sites for hydroxylation is 2. The zero-order valence-corrected chi connectivity index (χ0v) is 19.0. The number of amides is 1. The standard InChI is InChI=1S/C23H24N4O2S2/c1-16-7-5-8-17(13-16)23-25-18(15-31-23)14-20(28)24-11-4-2-3-10-21-26-22(27-29-21)19-9-6-12-30-19/h5-9,12-13,15H,2-4,10-11,14H2,1H3,(H,24,28). The zero-order chi connectivity index (χ0) is 21.5. The van der Waals surface area contributed by atoms with Crippen molar-refractivity contribution in [3.05, 3.63) is 64.3 Å². The van der Waals surface area contributed by atoms with E-state index in [1.165, 1.54) is 5.56 Å². The summed E-state index contributed by atoms with van der Waals surface area (Å²) in [6.45, 7) is 2.73. The molecule has 0 saturated heterocycles. The van der Waals surface area contributed by atoms with E-state index in [1.807, 2.05) is 35.0 Å². The Bertz CT molecular complexity index is 1120. The lowest BCUT2D eigenvalue weighted by Gasteiger charge is -2.03. The van der Waals surface area contributed by atoms with Crippen LogP contribution in [0.2, 0.25) is 0 Å². The molecule has 0 atom stereocenters. The number of aromatic nitrogens is 3. The second kappa shape index (κ2) is 10.5. The van der Waals surface area contributed by atoms with Gasteiger partial charge in [0.1, 0.15) is 5.01 Å². The molecule has 160 valence electrons. The largest absolute Gasteiger partial charge is 0.356 e. The number of carbonyl (C=O) groups is 1. The molecule has 0 saturated carbocycles. The maximum atomic E-state index is 12.2. The van der Waals surface area contributed by atoms with Crippen LogP contribution in [0.5, 0.6) is 0 Å². The molecule has 0 bridgehead atoms. The van der Waals surface area contributed by atoms with Gasteiger partial charge in [-0.3, -0.25) is 4.79 Å². The average molecular weight is 453 g/mol. The van der Waals surface area contributed by atoms with E-state index >= 15 is 0 Å². The number of carbonyl (C=O) groups excluding carboxylic acids is 1. The number of hydrogen-bond acceptors (Lipinski definition) is 7. The summed E-state index contributed by atoms with van der Waals surface area (Å²) < 4.78 is 5.31. The summed E-state index contributed by atoms with van der Waals surface area (Å²) in [6, 6.07) is 12.2. The Balaban J connectivity index is 1.13. The minimum absolute atomic E-state index is 0.0126. The second-order valence-electron chi connectivity index (χ2n) is 7.34. The van der Waals surface area contributed by atoms with E-state index in [4.69, 9.17) is 4.52 Å². The Morgan fingerprint density at radius 3 is 2.87 bits per heavy atom. The summed E-state index contributed by atoms with van der Waals surface area (Å²) in [6.07, 6.45) is 3.94. The first-order valence-corrected chi connectivity index (χ1v) is 12.1. The summed E-state index contributed by atoms with van der Waals surface area (Å²) in [5.74, 6) is 1.34. The molecule has 3 heterocycles. The third kappa shape index (κ3) is 6.08. The molecule has 4 rings (SSSR count). The van der Waals surface area contributed by atoms with Crippen molar-refractivity contribution in [1.29, 1.82) is 0 Å². The van der Waals surface area contributed by atoms with Crippen molar-refractivity contribution in [1.82, 2.24) is 20.4 Å². The van der Waals surface area contributed by atoms with Crippen LogP contribution in [0.4, 0.5) is 0 Å². The van der Waals surface area contributed by atoms with Gasteiger partial charge in [0.2, 0.25) is 17.6 Å². The molecule has 4 aromatic rings. The highest BCUT2D eigenvalue weighted by atomic mass is 32.1. The van der Waals surface area contributed by atoms with Crippen molar-refractivity contribution in [2.24, 2.45) is 0 Å². The van der Waals surface area contributed by atoms with Gasteiger partial charge in [-0.25, -0.2) is 4.98 Å². The van der Waals surface area contributed by atoms with Gasteiger partial charge in [-0.2, -0.15) is 4.98 Å². The lowest BCUT2D eigenvalue weighted by molar-refractivity contribution is -0.120. The van der Waals surface area contributed by atoms with Gasteiger partial charge in [0.15, 0.2) is 0 Å². The van der Waals surface area contributed by atoms with Crippen molar-refractivity contribution in [2.45, 2.75) is 39.0 Å². The molecule has 0 unspecified atom stereocenters. The Labute approximate surface area is 189 Å². The number of thiazole rings is 1. The van der Waals surface area contributed by atoms with Gasteiger partial charge in [-0.15, -0.1) is 22.7 Å². The Morgan fingerprint density at radius 2 is 2.03 bits per heavy atom. The number of nitrogens with one attached hydrogen (secondary N) is 1. The molecule has 1 aromatic carbocycles. The minimum atomic E-state index is 0.0126. The maximum Gasteiger partial charge on any atom is 0.226 e. The first kappa shape index (κ1) is 21.4. The SMILES string of the molecule is Cc1cccc(-c2nc(CC(=O)NCCCCCc3nc(-c4cccs4)no3)cs2)c1. The molecule has 31 heavy (non-hydrogen) atoms. The minimum Gasteiger partial charge on any atom is -0.356 e. The lowest BCUT2D eigenvalue weighted by atomic mass is 10.1. The van der Waals surface area contributed by atoms with Crippen molar-refractivity contribution >= 4 is 28.6 Å². The van der Waals surface area contributed by atoms with Crippen LogP contribution in [0.3, 0.4) is 0 Å². The zero-order valence-electron chi connectivity index (χ0n) is 17.3. The third-order valence-electron chi connectivity index (χ3n) is 4.76. The average Bonchev–Trinajstić information content (AvgIpc) is 3.52. The van der Waals surface area contributed by atoms with E-state index < -0.39 is 0 Å². The van der Waals surface area contributed by atoms with E-state index in [-0.39, 0.29) is 5.91 Å². The van der Waals surface area contributed by atoms with Crippen molar-refractivity contribution < 1.29 is 9.32 Å². The van der Waals surface area contributed by atoms with Crippen LogP contribution in [-0.4, -0.2) is 27.6 Å². The quantitative estimate of drug-likeness (QED) is 0.330. The number of thiophene rings is 1. The fourth-order valence-electron chi connectivity index (χ4n) is 3.19. The smallest absolute Gasteiger partial charge is 0.226 e. The van der Waals surface area contributed by atoms with Gasteiger partial charge >= 0.3 is 0 Å². The molecule has 1 N–H and O–H groups in total. The highest BCUT2D eigenvalue weighted by Crippen LogP contribution is 2.24. The van der Waals surface area contributed by atoms with E-state index in [9.17, 15) is 4.79 Å². The summed E-state index contributed by atoms with van der Waals surface area (Å²) in [4.78, 5) is 22.3. The van der Waals surface area contributed by atoms with Crippen molar-refractivity contribution in [3.8, 4) is 21.3 Å². The third-order valence-corrected chi connectivity index (χ3v) is 6.56. The molecule has 0 aliphatic rings. The van der Waals surface area contributed by atoms with E-state index in [2.05, 4.69) is 39.5 Å². The summed E-state index contributed by atoms with van der Waals surface area (Å²) >= 11 is 3.18. The number of unbranched alkanes of at least 4 members (excludes halogenated alkanes) is 2. The molecule has 0 fully saturated rings. The fourth-order valence-corrected chi connectivity index (χ4v) is 4.66. The van der Waals surface area contributed by atoms with Gasteiger partial charge in [0.05, 0.1) is 17.0 Å². The van der Waals surface area contributed by atoms with Gasteiger partial charge < -0.3 is 9.84 Å².